The predicted octanol–water partition coefficient (Wildman–Crippen LogP) is 1.44. The summed E-state index contributed by atoms with van der Waals surface area (Å²) in [6, 6.07) is 0. The van der Waals surface area contributed by atoms with Crippen LogP contribution in [0, 0.1) is 0 Å². The largest absolute Gasteiger partial charge is 0.495 e. The van der Waals surface area contributed by atoms with Crippen LogP contribution in [0.2, 0.25) is 0 Å². The molecule has 12 heavy (non-hydrogen) atoms. The second-order valence-electron chi connectivity index (χ2n) is 3.48. The molecule has 2 aliphatic rings. The molecule has 2 unspecified atom stereocenters. The normalized spacial score (nSPS) is 39.1. The van der Waals surface area contributed by atoms with Gasteiger partial charge in [-0.25, -0.2) is 0 Å². The summed E-state index contributed by atoms with van der Waals surface area (Å²) in [6.07, 6.45) is 2.22. The first kappa shape index (κ1) is 7.92. The Morgan fingerprint density at radius 3 is 2.67 bits per heavy atom. The number of rotatable bonds is 2. The first-order chi connectivity index (χ1) is 5.71. The summed E-state index contributed by atoms with van der Waals surface area (Å²) in [4.78, 5) is 0. The maximum absolute atomic E-state index is 5.74. The van der Waals surface area contributed by atoms with Gasteiger partial charge in [0.2, 0.25) is 0 Å². The van der Waals surface area contributed by atoms with Gasteiger partial charge in [-0.15, -0.1) is 0 Å². The van der Waals surface area contributed by atoms with Gasteiger partial charge in [0.25, 0.3) is 0 Å². The number of hydrogen-bond donors (Lipinski definition) is 0. The lowest BCUT2D eigenvalue weighted by atomic mass is 9.93. The van der Waals surface area contributed by atoms with E-state index in [1.807, 2.05) is 0 Å². The minimum absolute atomic E-state index is 0.134. The van der Waals surface area contributed by atoms with Gasteiger partial charge in [0.15, 0.2) is 11.5 Å². The molecule has 2 heterocycles. The van der Waals surface area contributed by atoms with E-state index >= 15 is 0 Å². The molecule has 68 valence electrons. The van der Waals surface area contributed by atoms with Gasteiger partial charge >= 0.3 is 0 Å². The Morgan fingerprint density at radius 1 is 1.42 bits per heavy atom. The standard InChI is InChI=1S/C9H14O3/c1-9-5-4-6(12-9)7(10-2)8(9)11-3/h6H,4-5H2,1-3H3. The molecule has 0 aromatic carbocycles. The second-order valence-corrected chi connectivity index (χ2v) is 3.48. The highest BCUT2D eigenvalue weighted by Gasteiger charge is 2.51. The van der Waals surface area contributed by atoms with Crippen LogP contribution in [0.3, 0.4) is 0 Å². The molecule has 2 bridgehead atoms. The lowest BCUT2D eigenvalue weighted by Gasteiger charge is -2.22. The molecule has 0 amide bonds. The minimum Gasteiger partial charge on any atom is -0.495 e. The highest BCUT2D eigenvalue weighted by Crippen LogP contribution is 2.47. The van der Waals surface area contributed by atoms with E-state index in [1.54, 1.807) is 14.2 Å². The van der Waals surface area contributed by atoms with Crippen molar-refractivity contribution in [2.24, 2.45) is 0 Å². The molecular weight excluding hydrogens is 156 g/mol. The number of hydrogen-bond acceptors (Lipinski definition) is 3. The van der Waals surface area contributed by atoms with Gasteiger partial charge in [-0.3, -0.25) is 0 Å². The molecule has 0 saturated carbocycles. The highest BCUT2D eigenvalue weighted by molar-refractivity contribution is 5.27. The Balaban J connectivity index is 2.38. The Hall–Kier alpha value is -0.700. The van der Waals surface area contributed by atoms with E-state index in [-0.39, 0.29) is 11.7 Å². The average molecular weight is 170 g/mol. The van der Waals surface area contributed by atoms with Gasteiger partial charge < -0.3 is 14.2 Å². The van der Waals surface area contributed by atoms with Crippen molar-refractivity contribution in [3.63, 3.8) is 0 Å². The van der Waals surface area contributed by atoms with Crippen LogP contribution in [0.1, 0.15) is 19.8 Å². The summed E-state index contributed by atoms with van der Waals surface area (Å²) in [6.45, 7) is 2.05. The van der Waals surface area contributed by atoms with Gasteiger partial charge in [-0.1, -0.05) is 0 Å². The molecule has 0 aromatic heterocycles. The summed E-state index contributed by atoms with van der Waals surface area (Å²) in [7, 11) is 3.34. The van der Waals surface area contributed by atoms with Crippen LogP contribution in [0.4, 0.5) is 0 Å². The number of methoxy groups -OCH3 is 2. The van der Waals surface area contributed by atoms with Crippen LogP contribution >= 0.6 is 0 Å². The van der Waals surface area contributed by atoms with Crippen LogP contribution < -0.4 is 0 Å². The fourth-order valence-corrected chi connectivity index (χ4v) is 2.14. The van der Waals surface area contributed by atoms with Gasteiger partial charge in [0, 0.05) is 0 Å². The SMILES string of the molecule is COC1=C(OC)C2(C)CCC1O2. The Bertz CT molecular complexity index is 234. The molecule has 0 radical (unpaired) electrons. The van der Waals surface area contributed by atoms with Crippen molar-refractivity contribution in [1.82, 2.24) is 0 Å². The zero-order chi connectivity index (χ0) is 8.77. The Morgan fingerprint density at radius 2 is 2.17 bits per heavy atom. The topological polar surface area (TPSA) is 27.7 Å². The van der Waals surface area contributed by atoms with E-state index < -0.39 is 0 Å². The van der Waals surface area contributed by atoms with Crippen molar-refractivity contribution >= 4 is 0 Å². The van der Waals surface area contributed by atoms with E-state index in [2.05, 4.69) is 6.92 Å². The summed E-state index contributed by atoms with van der Waals surface area (Å²) < 4.78 is 16.3. The van der Waals surface area contributed by atoms with Gasteiger partial charge in [-0.2, -0.15) is 0 Å². The molecule has 1 fully saturated rings. The van der Waals surface area contributed by atoms with Crippen LogP contribution in [0.25, 0.3) is 0 Å². The van der Waals surface area contributed by atoms with Crippen LogP contribution in [-0.4, -0.2) is 25.9 Å². The number of ether oxygens (including phenoxy) is 3. The highest BCUT2D eigenvalue weighted by atomic mass is 16.6. The van der Waals surface area contributed by atoms with Crippen molar-refractivity contribution in [1.29, 1.82) is 0 Å². The van der Waals surface area contributed by atoms with Crippen molar-refractivity contribution in [3.8, 4) is 0 Å². The zero-order valence-electron chi connectivity index (χ0n) is 7.72. The van der Waals surface area contributed by atoms with Crippen molar-refractivity contribution < 1.29 is 14.2 Å². The summed E-state index contributed by atoms with van der Waals surface area (Å²) in [5, 5.41) is 0. The van der Waals surface area contributed by atoms with Gasteiger partial charge in [0.05, 0.1) is 14.2 Å². The fraction of sp³-hybridized carbons (Fsp3) is 0.778. The second kappa shape index (κ2) is 2.39. The molecular formula is C9H14O3. The Labute approximate surface area is 72.3 Å². The van der Waals surface area contributed by atoms with E-state index in [0.717, 1.165) is 24.4 Å². The van der Waals surface area contributed by atoms with Crippen molar-refractivity contribution in [2.45, 2.75) is 31.5 Å². The third kappa shape index (κ3) is 0.800. The lowest BCUT2D eigenvalue weighted by Crippen LogP contribution is -2.24. The quantitative estimate of drug-likeness (QED) is 0.627. The van der Waals surface area contributed by atoms with E-state index in [9.17, 15) is 0 Å². The van der Waals surface area contributed by atoms with E-state index in [0.29, 0.717) is 0 Å². The molecule has 0 aromatic rings. The molecule has 3 nitrogen and oxygen atoms in total. The third-order valence-corrected chi connectivity index (χ3v) is 2.71. The summed E-state index contributed by atoms with van der Waals surface area (Å²) >= 11 is 0. The van der Waals surface area contributed by atoms with Crippen molar-refractivity contribution in [3.05, 3.63) is 11.5 Å². The van der Waals surface area contributed by atoms with Crippen LogP contribution in [-0.2, 0) is 14.2 Å². The van der Waals surface area contributed by atoms with Gasteiger partial charge in [-0.05, 0) is 19.8 Å². The molecule has 0 N–H and O–H groups in total. The zero-order valence-corrected chi connectivity index (χ0v) is 7.72. The lowest BCUT2D eigenvalue weighted by molar-refractivity contribution is 0.00544. The first-order valence-electron chi connectivity index (χ1n) is 4.22. The summed E-state index contributed by atoms with van der Waals surface area (Å²) in [5.74, 6) is 1.76. The predicted molar refractivity (Wildman–Crippen MR) is 43.6 cm³/mol. The molecule has 2 aliphatic heterocycles. The molecule has 2 atom stereocenters. The van der Waals surface area contributed by atoms with E-state index in [4.69, 9.17) is 14.2 Å². The fourth-order valence-electron chi connectivity index (χ4n) is 2.14. The minimum atomic E-state index is -0.218. The van der Waals surface area contributed by atoms with Crippen LogP contribution in [0.5, 0.6) is 0 Å². The maximum atomic E-state index is 5.74. The molecule has 1 saturated heterocycles. The Kier molecular flexibility index (Phi) is 1.58. The average Bonchev–Trinajstić information content (AvgIpc) is 2.55. The smallest absolute Gasteiger partial charge is 0.167 e. The van der Waals surface area contributed by atoms with Crippen LogP contribution in [0.15, 0.2) is 11.5 Å². The monoisotopic (exact) mass is 170 g/mol. The molecule has 0 spiro atoms. The molecule has 0 aliphatic carbocycles. The first-order valence-corrected chi connectivity index (χ1v) is 4.22. The molecule has 3 heteroatoms. The van der Waals surface area contributed by atoms with Gasteiger partial charge in [0.1, 0.15) is 11.7 Å². The summed E-state index contributed by atoms with van der Waals surface area (Å²) in [5.41, 5.74) is -0.218. The third-order valence-electron chi connectivity index (χ3n) is 2.71. The number of fused-ring (bicyclic) bond motifs is 2. The van der Waals surface area contributed by atoms with E-state index in [1.165, 1.54) is 0 Å². The maximum Gasteiger partial charge on any atom is 0.167 e. The van der Waals surface area contributed by atoms with Crippen molar-refractivity contribution in [2.75, 3.05) is 14.2 Å². The molecule has 2 rings (SSSR count).